The summed E-state index contributed by atoms with van der Waals surface area (Å²) in [6.07, 6.45) is -1.51. The van der Waals surface area contributed by atoms with Crippen LogP contribution in [0.3, 0.4) is 0 Å². The van der Waals surface area contributed by atoms with E-state index in [1.165, 1.54) is 24.3 Å². The molecule has 0 spiro atoms. The molecule has 0 amide bonds. The molecule has 1 heterocycles. The van der Waals surface area contributed by atoms with Crippen molar-refractivity contribution in [2.75, 3.05) is 0 Å². The minimum atomic E-state index is -4.13. The van der Waals surface area contributed by atoms with Gasteiger partial charge in [0.15, 0.2) is 5.69 Å². The summed E-state index contributed by atoms with van der Waals surface area (Å²) in [7, 11) is -4.13. The van der Waals surface area contributed by atoms with Crippen molar-refractivity contribution in [3.05, 3.63) is 110 Å². The fraction of sp³-hybridized carbons (Fsp3) is 0.0870. The molecule has 0 saturated heterocycles. The van der Waals surface area contributed by atoms with E-state index in [0.29, 0.717) is 5.56 Å². The second-order valence-electron chi connectivity index (χ2n) is 7.59. The van der Waals surface area contributed by atoms with Crippen LogP contribution in [0.25, 0.3) is 11.0 Å². The highest BCUT2D eigenvalue weighted by atomic mass is 32.2. The van der Waals surface area contributed by atoms with Crippen LogP contribution in [-0.4, -0.2) is 34.1 Å². The van der Waals surface area contributed by atoms with E-state index in [2.05, 4.69) is 19.9 Å². The SMILES string of the molecule is Cc1ccc(S(=O)(=O)N/N=C(/c2nc3ccc([N+](=O)[O-])cc3[nH]c2=O)C(O)c2ccccc2)cc1. The molecule has 0 aliphatic heterocycles. The number of aromatic nitrogens is 2. The number of hydrogen-bond donors (Lipinski definition) is 3. The van der Waals surface area contributed by atoms with Crippen LogP contribution in [-0.2, 0) is 10.0 Å². The molecule has 1 unspecified atom stereocenters. The number of nitrogens with zero attached hydrogens (tertiary/aromatic N) is 3. The fourth-order valence-electron chi connectivity index (χ4n) is 3.28. The van der Waals surface area contributed by atoms with Crippen LogP contribution in [0.15, 0.2) is 87.6 Å². The Labute approximate surface area is 199 Å². The molecule has 1 aromatic heterocycles. The topological polar surface area (TPSA) is 168 Å². The highest BCUT2D eigenvalue weighted by Crippen LogP contribution is 2.20. The molecule has 4 aromatic rings. The molecule has 4 rings (SSSR count). The molecule has 3 aromatic carbocycles. The summed E-state index contributed by atoms with van der Waals surface area (Å²) in [6.45, 7) is 1.81. The van der Waals surface area contributed by atoms with Crippen molar-refractivity contribution >= 4 is 32.5 Å². The highest BCUT2D eigenvalue weighted by molar-refractivity contribution is 7.89. The van der Waals surface area contributed by atoms with Gasteiger partial charge in [0.1, 0.15) is 11.8 Å². The third kappa shape index (κ3) is 5.08. The van der Waals surface area contributed by atoms with Crippen molar-refractivity contribution in [3.63, 3.8) is 0 Å². The molecule has 0 saturated carbocycles. The second kappa shape index (κ2) is 9.44. The Hall–Kier alpha value is -4.42. The minimum Gasteiger partial charge on any atom is -0.382 e. The Morgan fingerprint density at radius 1 is 1.11 bits per heavy atom. The van der Waals surface area contributed by atoms with Gasteiger partial charge in [0.2, 0.25) is 0 Å². The number of hydrazone groups is 1. The van der Waals surface area contributed by atoms with Crippen LogP contribution in [0.2, 0.25) is 0 Å². The van der Waals surface area contributed by atoms with Crippen LogP contribution < -0.4 is 10.4 Å². The molecule has 3 N–H and O–H groups in total. The Morgan fingerprint density at radius 2 is 1.80 bits per heavy atom. The number of hydrogen-bond acceptors (Lipinski definition) is 8. The number of sulfonamides is 1. The number of H-pyrrole nitrogens is 1. The van der Waals surface area contributed by atoms with Gasteiger partial charge in [-0.2, -0.15) is 18.4 Å². The maximum atomic E-state index is 12.9. The molecule has 0 fully saturated rings. The number of nitro benzene ring substituents is 1. The molecule has 0 aliphatic rings. The summed E-state index contributed by atoms with van der Waals surface area (Å²) in [5, 5.41) is 25.9. The van der Waals surface area contributed by atoms with E-state index in [1.54, 1.807) is 42.5 Å². The van der Waals surface area contributed by atoms with Crippen molar-refractivity contribution < 1.29 is 18.4 Å². The zero-order chi connectivity index (χ0) is 25.2. The van der Waals surface area contributed by atoms with E-state index < -0.39 is 26.6 Å². The van der Waals surface area contributed by atoms with E-state index in [-0.39, 0.29) is 33.0 Å². The van der Waals surface area contributed by atoms with Gasteiger partial charge in [0.25, 0.3) is 21.3 Å². The van der Waals surface area contributed by atoms with Gasteiger partial charge in [-0.25, -0.2) is 4.98 Å². The number of rotatable bonds is 7. The molecule has 12 heteroatoms. The quantitative estimate of drug-likeness (QED) is 0.202. The first kappa shape index (κ1) is 23.7. The van der Waals surface area contributed by atoms with Crippen LogP contribution in [0.5, 0.6) is 0 Å². The van der Waals surface area contributed by atoms with Crippen LogP contribution in [0.1, 0.15) is 22.9 Å². The van der Waals surface area contributed by atoms with Gasteiger partial charge >= 0.3 is 0 Å². The molecule has 35 heavy (non-hydrogen) atoms. The minimum absolute atomic E-state index is 0.0620. The first-order valence-electron chi connectivity index (χ1n) is 10.2. The van der Waals surface area contributed by atoms with Gasteiger partial charge in [-0.1, -0.05) is 48.0 Å². The smallest absolute Gasteiger partial charge is 0.276 e. The number of non-ortho nitro benzene ring substituents is 1. The van der Waals surface area contributed by atoms with Crippen molar-refractivity contribution in [1.29, 1.82) is 0 Å². The summed E-state index contributed by atoms with van der Waals surface area (Å²) >= 11 is 0. The predicted octanol–water partition coefficient (Wildman–Crippen LogP) is 2.56. The maximum Gasteiger partial charge on any atom is 0.276 e. The van der Waals surface area contributed by atoms with Gasteiger partial charge in [-0.15, -0.1) is 0 Å². The van der Waals surface area contributed by atoms with Crippen LogP contribution in [0.4, 0.5) is 5.69 Å². The standard InChI is InChI=1S/C23H19N5O6S/c1-14-7-10-17(11-8-14)35(33,34)27-26-20(22(29)15-5-3-2-4-6-15)21-23(30)25-19-13-16(28(31)32)9-12-18(19)24-21/h2-13,22,27,29H,1H3,(H,25,30)/b26-20-. The van der Waals surface area contributed by atoms with Crippen LogP contribution in [0, 0.1) is 17.0 Å². The largest absolute Gasteiger partial charge is 0.382 e. The monoisotopic (exact) mass is 493 g/mol. The lowest BCUT2D eigenvalue weighted by molar-refractivity contribution is -0.384. The zero-order valence-corrected chi connectivity index (χ0v) is 19.1. The fourth-order valence-corrected chi connectivity index (χ4v) is 4.10. The van der Waals surface area contributed by atoms with E-state index in [0.717, 1.165) is 11.6 Å². The summed E-state index contributed by atoms with van der Waals surface area (Å²) in [4.78, 5) is 32.0. The van der Waals surface area contributed by atoms with Crippen molar-refractivity contribution in [2.24, 2.45) is 5.10 Å². The summed E-state index contributed by atoms with van der Waals surface area (Å²) in [5.74, 6) is 0. The molecule has 0 bridgehead atoms. The molecule has 178 valence electrons. The number of aryl methyl sites for hydroxylation is 1. The lowest BCUT2D eigenvalue weighted by atomic mass is 10.0. The summed E-state index contributed by atoms with van der Waals surface area (Å²) in [5.41, 5.74) is -0.289. The Balaban J connectivity index is 1.83. The molecule has 11 nitrogen and oxygen atoms in total. The van der Waals surface area contributed by atoms with Gasteiger partial charge in [0, 0.05) is 12.1 Å². The Kier molecular flexibility index (Phi) is 6.40. The first-order chi connectivity index (χ1) is 16.7. The third-order valence-corrected chi connectivity index (χ3v) is 6.35. The van der Waals surface area contributed by atoms with E-state index in [9.17, 15) is 28.4 Å². The second-order valence-corrected chi connectivity index (χ2v) is 9.25. The zero-order valence-electron chi connectivity index (χ0n) is 18.2. The number of fused-ring (bicyclic) bond motifs is 1. The summed E-state index contributed by atoms with van der Waals surface area (Å²) < 4.78 is 25.5. The molecular weight excluding hydrogens is 474 g/mol. The third-order valence-electron chi connectivity index (χ3n) is 5.12. The molecule has 0 radical (unpaired) electrons. The lowest BCUT2D eigenvalue weighted by Crippen LogP contribution is -2.29. The van der Waals surface area contributed by atoms with Gasteiger partial charge in [-0.3, -0.25) is 14.9 Å². The first-order valence-corrected chi connectivity index (χ1v) is 11.7. The van der Waals surface area contributed by atoms with Gasteiger partial charge in [0.05, 0.1) is 20.9 Å². The van der Waals surface area contributed by atoms with Crippen LogP contribution >= 0.6 is 0 Å². The van der Waals surface area contributed by atoms with E-state index in [1.807, 2.05) is 6.92 Å². The van der Waals surface area contributed by atoms with Crippen molar-refractivity contribution in [3.8, 4) is 0 Å². The normalized spacial score (nSPS) is 12.9. The average Bonchev–Trinajstić information content (AvgIpc) is 2.84. The number of benzene rings is 3. The maximum absolute atomic E-state index is 12.9. The number of aliphatic hydroxyl groups excluding tert-OH is 1. The van der Waals surface area contributed by atoms with Gasteiger partial charge < -0.3 is 10.1 Å². The average molecular weight is 494 g/mol. The molecule has 0 aliphatic carbocycles. The molecular formula is C23H19N5O6S. The molecule has 1 atom stereocenters. The number of nitro groups is 1. The number of aliphatic hydroxyl groups is 1. The Bertz CT molecular complexity index is 1600. The highest BCUT2D eigenvalue weighted by Gasteiger charge is 2.24. The Morgan fingerprint density at radius 3 is 2.46 bits per heavy atom. The van der Waals surface area contributed by atoms with E-state index >= 15 is 0 Å². The predicted molar refractivity (Wildman–Crippen MR) is 128 cm³/mol. The van der Waals surface area contributed by atoms with Gasteiger partial charge in [-0.05, 0) is 30.7 Å². The number of nitrogens with one attached hydrogen (secondary N) is 2. The summed E-state index contributed by atoms with van der Waals surface area (Å²) in [6, 6.07) is 17.9. The number of aromatic amines is 1. The van der Waals surface area contributed by atoms with E-state index in [4.69, 9.17) is 0 Å². The van der Waals surface area contributed by atoms with Crippen molar-refractivity contribution in [2.45, 2.75) is 17.9 Å². The van der Waals surface area contributed by atoms with Crippen molar-refractivity contribution in [1.82, 2.24) is 14.8 Å². The lowest BCUT2D eigenvalue weighted by Gasteiger charge is -2.14.